The molecule has 0 saturated heterocycles. The van der Waals surface area contributed by atoms with Crippen molar-refractivity contribution in [3.05, 3.63) is 11.6 Å². The minimum atomic E-state index is 0.217. The van der Waals surface area contributed by atoms with Crippen LogP contribution in [0.25, 0.3) is 0 Å². The van der Waals surface area contributed by atoms with Gasteiger partial charge in [-0.25, -0.2) is 0 Å². The van der Waals surface area contributed by atoms with Crippen LogP contribution in [0.3, 0.4) is 0 Å². The van der Waals surface area contributed by atoms with Crippen molar-refractivity contribution >= 4 is 5.78 Å². The van der Waals surface area contributed by atoms with E-state index < -0.39 is 0 Å². The molecule has 1 nitrogen and oxygen atoms in total. The van der Waals surface area contributed by atoms with Gasteiger partial charge in [0.15, 0.2) is 5.78 Å². The molecule has 0 fully saturated rings. The van der Waals surface area contributed by atoms with Crippen LogP contribution in [0.4, 0.5) is 0 Å². The zero-order valence-electron chi connectivity index (χ0n) is 8.60. The van der Waals surface area contributed by atoms with Gasteiger partial charge in [0.1, 0.15) is 0 Å². The quantitative estimate of drug-likeness (QED) is 0.347. The Morgan fingerprint density at radius 1 is 1.38 bits per heavy atom. The van der Waals surface area contributed by atoms with Gasteiger partial charge in [-0.1, -0.05) is 19.4 Å². The molecule has 0 N–H and O–H groups in total. The first-order valence-corrected chi connectivity index (χ1v) is 4.90. The van der Waals surface area contributed by atoms with Crippen molar-refractivity contribution in [1.29, 1.82) is 0 Å². The maximum Gasteiger partial charge on any atom is 0.155 e. The fourth-order valence-corrected chi connectivity index (χ4v) is 1.12. The summed E-state index contributed by atoms with van der Waals surface area (Å²) in [6.45, 7) is 4.15. The van der Waals surface area contributed by atoms with Crippen LogP contribution in [0.2, 0.25) is 0 Å². The van der Waals surface area contributed by atoms with E-state index in [1.165, 1.54) is 5.57 Å². The van der Waals surface area contributed by atoms with Gasteiger partial charge in [-0.15, -0.1) is 12.3 Å². The molecule has 0 unspecified atom stereocenters. The second-order valence-electron chi connectivity index (χ2n) is 3.03. The first-order valence-electron chi connectivity index (χ1n) is 4.90. The largest absolute Gasteiger partial charge is 0.295 e. The van der Waals surface area contributed by atoms with Crippen LogP contribution in [0, 0.1) is 12.3 Å². The maximum atomic E-state index is 11.3. The van der Waals surface area contributed by atoms with Crippen LogP contribution >= 0.6 is 0 Å². The average molecular weight is 178 g/mol. The molecule has 0 amide bonds. The Bertz CT molecular complexity index is 212. The summed E-state index contributed by atoms with van der Waals surface area (Å²) in [5.41, 5.74) is 1.23. The molecule has 0 radical (unpaired) electrons. The van der Waals surface area contributed by atoms with Crippen molar-refractivity contribution in [3.8, 4) is 12.3 Å². The van der Waals surface area contributed by atoms with E-state index in [4.69, 9.17) is 6.42 Å². The number of allylic oxidation sites excluding steroid dienone is 2. The molecule has 0 aromatic carbocycles. The van der Waals surface area contributed by atoms with E-state index >= 15 is 0 Å². The van der Waals surface area contributed by atoms with Crippen LogP contribution in [0.1, 0.15) is 46.0 Å². The normalized spacial score (nSPS) is 9.00. The first-order chi connectivity index (χ1) is 6.24. The summed E-state index contributed by atoms with van der Waals surface area (Å²) in [5.74, 6) is 2.75. The summed E-state index contributed by atoms with van der Waals surface area (Å²) in [5, 5.41) is 0. The molecule has 1 heteroatoms. The summed E-state index contributed by atoms with van der Waals surface area (Å²) in [6.07, 6.45) is 10.9. The lowest BCUT2D eigenvalue weighted by atomic mass is 10.1. The molecule has 72 valence electrons. The lowest BCUT2D eigenvalue weighted by Gasteiger charge is -1.98. The topological polar surface area (TPSA) is 17.1 Å². The van der Waals surface area contributed by atoms with E-state index in [1.54, 1.807) is 6.08 Å². The number of carbonyl (C=O) groups is 1. The van der Waals surface area contributed by atoms with Gasteiger partial charge in [-0.3, -0.25) is 4.79 Å². The molecule has 0 aromatic heterocycles. The molecule has 0 rings (SSSR count). The number of hydrogen-bond acceptors (Lipinski definition) is 1. The van der Waals surface area contributed by atoms with Crippen LogP contribution in [0.5, 0.6) is 0 Å². The summed E-state index contributed by atoms with van der Waals surface area (Å²) < 4.78 is 0. The van der Waals surface area contributed by atoms with E-state index in [0.717, 1.165) is 19.3 Å². The molecule has 0 spiro atoms. The van der Waals surface area contributed by atoms with Crippen LogP contribution in [-0.2, 0) is 4.79 Å². The Balaban J connectivity index is 3.85. The fraction of sp³-hybridized carbons (Fsp3) is 0.583. The van der Waals surface area contributed by atoms with Crippen molar-refractivity contribution < 1.29 is 4.79 Å². The molecule has 0 atom stereocenters. The number of ketones is 1. The second-order valence-corrected chi connectivity index (χ2v) is 3.03. The van der Waals surface area contributed by atoms with Gasteiger partial charge in [0.25, 0.3) is 0 Å². The Morgan fingerprint density at radius 2 is 2.00 bits per heavy atom. The van der Waals surface area contributed by atoms with E-state index in [-0.39, 0.29) is 5.78 Å². The van der Waals surface area contributed by atoms with Gasteiger partial charge < -0.3 is 0 Å². The number of terminal acetylenes is 1. The van der Waals surface area contributed by atoms with Gasteiger partial charge in [0.05, 0.1) is 0 Å². The number of hydrogen-bond donors (Lipinski definition) is 0. The Labute approximate surface area is 81.2 Å². The monoisotopic (exact) mass is 178 g/mol. The molecule has 0 aliphatic rings. The minimum Gasteiger partial charge on any atom is -0.295 e. The van der Waals surface area contributed by atoms with Crippen molar-refractivity contribution in [3.63, 3.8) is 0 Å². The van der Waals surface area contributed by atoms with E-state index in [2.05, 4.69) is 19.8 Å². The Morgan fingerprint density at radius 3 is 2.46 bits per heavy atom. The van der Waals surface area contributed by atoms with Crippen molar-refractivity contribution in [2.24, 2.45) is 0 Å². The van der Waals surface area contributed by atoms with Gasteiger partial charge in [0, 0.05) is 12.8 Å². The maximum absolute atomic E-state index is 11.3. The third-order valence-corrected chi connectivity index (χ3v) is 2.02. The number of carbonyl (C=O) groups excluding carboxylic acids is 1. The molecule has 13 heavy (non-hydrogen) atoms. The standard InChI is InChI=1S/C12H18O/c1-4-7-8-9-12(13)10-11(5-2)6-3/h1,10H,5-9H2,2-3H3. The highest BCUT2D eigenvalue weighted by molar-refractivity contribution is 5.90. The second kappa shape index (κ2) is 7.61. The van der Waals surface area contributed by atoms with E-state index in [0.29, 0.717) is 12.8 Å². The first kappa shape index (κ1) is 12.0. The molecule has 0 aliphatic carbocycles. The van der Waals surface area contributed by atoms with Crippen LogP contribution < -0.4 is 0 Å². The van der Waals surface area contributed by atoms with Crippen LogP contribution in [-0.4, -0.2) is 5.78 Å². The predicted octanol–water partition coefficient (Wildman–Crippen LogP) is 3.11. The Hall–Kier alpha value is -1.03. The highest BCUT2D eigenvalue weighted by Gasteiger charge is 1.98. The van der Waals surface area contributed by atoms with E-state index in [9.17, 15) is 4.79 Å². The lowest BCUT2D eigenvalue weighted by molar-refractivity contribution is -0.114. The molecule has 0 aliphatic heterocycles. The van der Waals surface area contributed by atoms with Crippen molar-refractivity contribution in [1.82, 2.24) is 0 Å². The van der Waals surface area contributed by atoms with Gasteiger partial charge in [-0.2, -0.15) is 0 Å². The summed E-state index contributed by atoms with van der Waals surface area (Å²) in [4.78, 5) is 11.3. The summed E-state index contributed by atoms with van der Waals surface area (Å²) in [7, 11) is 0. The zero-order chi connectivity index (χ0) is 10.1. The highest BCUT2D eigenvalue weighted by Crippen LogP contribution is 2.07. The molecule has 0 saturated carbocycles. The van der Waals surface area contributed by atoms with Crippen LogP contribution in [0.15, 0.2) is 11.6 Å². The number of rotatable bonds is 6. The molecule has 0 heterocycles. The Kier molecular flexibility index (Phi) is 7.01. The number of unbranched alkanes of at least 4 members (excludes halogenated alkanes) is 1. The van der Waals surface area contributed by atoms with Gasteiger partial charge in [0.2, 0.25) is 0 Å². The van der Waals surface area contributed by atoms with E-state index in [1.807, 2.05) is 0 Å². The molecule has 0 bridgehead atoms. The predicted molar refractivity (Wildman–Crippen MR) is 56.4 cm³/mol. The fourth-order valence-electron chi connectivity index (χ4n) is 1.12. The molecular formula is C12H18O. The molecular weight excluding hydrogens is 160 g/mol. The third-order valence-electron chi connectivity index (χ3n) is 2.02. The zero-order valence-corrected chi connectivity index (χ0v) is 8.60. The SMILES string of the molecule is C#CCCCC(=O)C=C(CC)CC. The highest BCUT2D eigenvalue weighted by atomic mass is 16.1. The average Bonchev–Trinajstić information content (AvgIpc) is 2.14. The van der Waals surface area contributed by atoms with Gasteiger partial charge >= 0.3 is 0 Å². The van der Waals surface area contributed by atoms with Gasteiger partial charge in [-0.05, 0) is 25.3 Å². The molecule has 0 aromatic rings. The summed E-state index contributed by atoms with van der Waals surface area (Å²) in [6, 6.07) is 0. The smallest absolute Gasteiger partial charge is 0.155 e. The summed E-state index contributed by atoms with van der Waals surface area (Å²) >= 11 is 0. The third kappa shape index (κ3) is 6.16. The van der Waals surface area contributed by atoms with Crippen molar-refractivity contribution in [2.45, 2.75) is 46.0 Å². The minimum absolute atomic E-state index is 0.217. The lowest BCUT2D eigenvalue weighted by Crippen LogP contribution is -1.94. The van der Waals surface area contributed by atoms with Crippen molar-refractivity contribution in [2.75, 3.05) is 0 Å².